The minimum Gasteiger partial charge on any atom is -0.476 e. The Morgan fingerprint density at radius 3 is 2.60 bits per heavy atom. The Bertz CT molecular complexity index is 650. The molecular weight excluding hydrogens is 342 g/mol. The Balaban J connectivity index is 2.16. The predicted molar refractivity (Wildman–Crippen MR) is 81.9 cm³/mol. The van der Waals surface area contributed by atoms with Crippen molar-refractivity contribution in [2.75, 3.05) is 6.54 Å². The quantitative estimate of drug-likeness (QED) is 0.869. The number of rotatable bonds is 2. The van der Waals surface area contributed by atoms with Crippen molar-refractivity contribution >= 4 is 27.5 Å². The van der Waals surface area contributed by atoms with E-state index in [0.717, 1.165) is 5.56 Å². The number of fused-ring (bicyclic) bond motifs is 1. The van der Waals surface area contributed by atoms with Crippen molar-refractivity contribution in [1.29, 1.82) is 0 Å². The van der Waals surface area contributed by atoms with Gasteiger partial charge >= 0.3 is 0 Å². The zero-order chi connectivity index (χ0) is 14.3. The molecule has 3 N–H and O–H groups in total. The van der Waals surface area contributed by atoms with Gasteiger partial charge in [-0.05, 0) is 27.6 Å². The highest BCUT2D eigenvalue weighted by Crippen LogP contribution is 2.52. The molecule has 0 spiro atoms. The summed E-state index contributed by atoms with van der Waals surface area (Å²) in [4.78, 5) is 0. The van der Waals surface area contributed by atoms with Crippen molar-refractivity contribution in [3.63, 3.8) is 0 Å². The molecule has 2 aromatic rings. The first-order valence-electron chi connectivity index (χ1n) is 6.20. The Morgan fingerprint density at radius 1 is 1.25 bits per heavy atom. The molecule has 0 saturated carbocycles. The van der Waals surface area contributed by atoms with Gasteiger partial charge in [-0.2, -0.15) is 0 Å². The normalized spacial score (nSPS) is 24.3. The van der Waals surface area contributed by atoms with Crippen LogP contribution in [0, 0.1) is 0 Å². The van der Waals surface area contributed by atoms with Crippen molar-refractivity contribution < 1.29 is 9.84 Å². The number of ether oxygens (including phenoxy) is 1. The first-order valence-corrected chi connectivity index (χ1v) is 7.38. The maximum Gasteiger partial charge on any atom is 0.176 e. The molecule has 5 heteroatoms. The lowest BCUT2D eigenvalue weighted by Gasteiger charge is -2.31. The predicted octanol–water partition coefficient (Wildman–Crippen LogP) is 3.38. The van der Waals surface area contributed by atoms with Crippen molar-refractivity contribution in [2.24, 2.45) is 5.73 Å². The molecule has 0 aromatic heterocycles. The van der Waals surface area contributed by atoms with Gasteiger partial charge in [-0.25, -0.2) is 0 Å². The minimum atomic E-state index is -0.975. The van der Waals surface area contributed by atoms with E-state index in [0.29, 0.717) is 20.8 Å². The third kappa shape index (κ3) is 1.87. The molecule has 0 saturated heterocycles. The van der Waals surface area contributed by atoms with E-state index in [1.165, 1.54) is 0 Å². The van der Waals surface area contributed by atoms with Gasteiger partial charge in [0.1, 0.15) is 11.9 Å². The summed E-state index contributed by atoms with van der Waals surface area (Å²) in [5.41, 5.74) is 6.48. The molecule has 1 aliphatic heterocycles. The molecule has 2 atom stereocenters. The summed E-state index contributed by atoms with van der Waals surface area (Å²) in [6, 6.07) is 13.0. The molecule has 0 amide bonds. The van der Waals surface area contributed by atoms with E-state index in [-0.39, 0.29) is 6.54 Å². The molecule has 2 unspecified atom stereocenters. The summed E-state index contributed by atoms with van der Waals surface area (Å²) in [7, 11) is 0. The lowest BCUT2D eigenvalue weighted by molar-refractivity contribution is -0.0260. The van der Waals surface area contributed by atoms with Crippen LogP contribution in [0.15, 0.2) is 46.9 Å². The zero-order valence-corrected chi connectivity index (χ0v) is 12.9. The molecule has 0 bridgehead atoms. The summed E-state index contributed by atoms with van der Waals surface area (Å²) in [6.45, 7) is 0.164. The summed E-state index contributed by atoms with van der Waals surface area (Å²) < 4.78 is 6.69. The van der Waals surface area contributed by atoms with Crippen LogP contribution in [0.5, 0.6) is 5.75 Å². The average molecular weight is 355 g/mol. The smallest absolute Gasteiger partial charge is 0.176 e. The second-order valence-electron chi connectivity index (χ2n) is 4.74. The fourth-order valence-electron chi connectivity index (χ4n) is 2.56. The summed E-state index contributed by atoms with van der Waals surface area (Å²) in [6.07, 6.45) is -0.835. The van der Waals surface area contributed by atoms with Crippen LogP contribution in [0.4, 0.5) is 0 Å². The molecule has 0 aliphatic carbocycles. The number of benzene rings is 2. The van der Waals surface area contributed by atoms with Crippen LogP contribution < -0.4 is 10.5 Å². The van der Waals surface area contributed by atoms with Gasteiger partial charge < -0.3 is 15.6 Å². The molecule has 1 aliphatic rings. The monoisotopic (exact) mass is 353 g/mol. The summed E-state index contributed by atoms with van der Waals surface area (Å²) >= 11 is 9.49. The molecule has 2 aromatic carbocycles. The lowest BCUT2D eigenvalue weighted by Crippen LogP contribution is -2.42. The summed E-state index contributed by atoms with van der Waals surface area (Å²) in [5.74, 6) is 0.555. The van der Waals surface area contributed by atoms with Gasteiger partial charge in [0.05, 0.1) is 9.50 Å². The molecule has 20 heavy (non-hydrogen) atoms. The summed E-state index contributed by atoms with van der Waals surface area (Å²) in [5, 5.41) is 11.2. The van der Waals surface area contributed by atoms with Crippen LogP contribution >= 0.6 is 27.5 Å². The largest absolute Gasteiger partial charge is 0.476 e. The number of halogens is 2. The number of nitrogens with two attached hydrogens (primary N) is 1. The Morgan fingerprint density at radius 2 is 1.95 bits per heavy atom. The zero-order valence-electron chi connectivity index (χ0n) is 10.5. The number of hydrogen-bond acceptors (Lipinski definition) is 3. The van der Waals surface area contributed by atoms with Gasteiger partial charge in [0.2, 0.25) is 0 Å². The molecule has 1 heterocycles. The second-order valence-corrected chi connectivity index (χ2v) is 5.94. The van der Waals surface area contributed by atoms with E-state index in [2.05, 4.69) is 15.9 Å². The fourth-order valence-corrected chi connectivity index (χ4v) is 3.15. The Hall–Kier alpha value is -1.07. The van der Waals surface area contributed by atoms with Crippen LogP contribution in [0.25, 0.3) is 0 Å². The van der Waals surface area contributed by atoms with Gasteiger partial charge in [-0.3, -0.25) is 0 Å². The van der Waals surface area contributed by atoms with E-state index >= 15 is 0 Å². The number of aliphatic hydroxyl groups excluding tert-OH is 1. The third-order valence-electron chi connectivity index (χ3n) is 3.67. The average Bonchev–Trinajstić information content (AvgIpc) is 2.78. The van der Waals surface area contributed by atoms with Crippen molar-refractivity contribution in [1.82, 2.24) is 0 Å². The topological polar surface area (TPSA) is 55.5 Å². The van der Waals surface area contributed by atoms with E-state index in [4.69, 9.17) is 22.1 Å². The van der Waals surface area contributed by atoms with Crippen LogP contribution in [0.1, 0.15) is 17.2 Å². The number of hydrogen-bond donors (Lipinski definition) is 2. The van der Waals surface area contributed by atoms with Gasteiger partial charge in [0.15, 0.2) is 5.60 Å². The van der Waals surface area contributed by atoms with Gasteiger partial charge in [0, 0.05) is 12.1 Å². The second kappa shape index (κ2) is 5.04. The van der Waals surface area contributed by atoms with Gasteiger partial charge in [-0.1, -0.05) is 48.0 Å². The van der Waals surface area contributed by atoms with E-state index in [1.54, 1.807) is 12.1 Å². The van der Waals surface area contributed by atoms with Crippen molar-refractivity contribution in [3.8, 4) is 5.75 Å². The number of aliphatic hydroxyl groups is 1. The molecule has 3 rings (SSSR count). The van der Waals surface area contributed by atoms with E-state index in [1.807, 2.05) is 30.3 Å². The van der Waals surface area contributed by atoms with E-state index < -0.39 is 11.7 Å². The minimum absolute atomic E-state index is 0.164. The van der Waals surface area contributed by atoms with Crippen LogP contribution in [0.2, 0.25) is 5.02 Å². The van der Waals surface area contributed by atoms with Gasteiger partial charge in [-0.15, -0.1) is 0 Å². The van der Waals surface area contributed by atoms with Crippen molar-refractivity contribution in [3.05, 3.63) is 63.1 Å². The highest BCUT2D eigenvalue weighted by Gasteiger charge is 2.49. The highest BCUT2D eigenvalue weighted by molar-refractivity contribution is 9.10. The Kier molecular flexibility index (Phi) is 3.50. The first kappa shape index (κ1) is 13.9. The molecule has 3 nitrogen and oxygen atoms in total. The van der Waals surface area contributed by atoms with Crippen LogP contribution in [0.3, 0.4) is 0 Å². The van der Waals surface area contributed by atoms with E-state index in [9.17, 15) is 5.11 Å². The van der Waals surface area contributed by atoms with Crippen LogP contribution in [-0.2, 0) is 5.60 Å². The Labute approximate surface area is 130 Å². The SMILES string of the molecule is NCC1(c2ccccc2)Oc2c(ccc(Cl)c2Br)C1O. The molecular formula is C15H13BrClNO2. The maximum atomic E-state index is 10.7. The van der Waals surface area contributed by atoms with Gasteiger partial charge in [0.25, 0.3) is 0 Å². The molecule has 0 fully saturated rings. The maximum absolute atomic E-state index is 10.7. The lowest BCUT2D eigenvalue weighted by atomic mass is 9.86. The highest BCUT2D eigenvalue weighted by atomic mass is 79.9. The van der Waals surface area contributed by atoms with Crippen molar-refractivity contribution in [2.45, 2.75) is 11.7 Å². The van der Waals surface area contributed by atoms with Crippen LogP contribution in [-0.4, -0.2) is 11.7 Å². The third-order valence-corrected chi connectivity index (χ3v) is 5.00. The molecule has 104 valence electrons. The first-order chi connectivity index (χ1) is 9.60. The standard InChI is InChI=1S/C15H13BrClNO2/c16-12-11(17)7-6-10-13(12)20-15(8-18,14(10)19)9-4-2-1-3-5-9/h1-7,14,19H,8,18H2. The fraction of sp³-hybridized carbons (Fsp3) is 0.200. The molecule has 0 radical (unpaired) electrons.